The van der Waals surface area contributed by atoms with Gasteiger partial charge in [0.15, 0.2) is 0 Å². The first-order chi connectivity index (χ1) is 9.69. The fourth-order valence-corrected chi connectivity index (χ4v) is 3.97. The summed E-state index contributed by atoms with van der Waals surface area (Å²) in [7, 11) is 0. The first kappa shape index (κ1) is 15.9. The second-order valence-corrected chi connectivity index (χ2v) is 7.10. The van der Waals surface area contributed by atoms with Gasteiger partial charge in [-0.05, 0) is 37.3 Å². The molecule has 0 saturated heterocycles. The molecule has 0 heterocycles. The minimum absolute atomic E-state index is 0.0218. The smallest absolute Gasteiger partial charge is 0.238 e. The Morgan fingerprint density at radius 3 is 2.95 bits per heavy atom. The maximum atomic E-state index is 12.0. The highest BCUT2D eigenvalue weighted by molar-refractivity contribution is 9.10. The summed E-state index contributed by atoms with van der Waals surface area (Å²) in [5.74, 6) is 0.0218. The van der Waals surface area contributed by atoms with E-state index in [-0.39, 0.29) is 5.91 Å². The number of anilines is 1. The molecule has 1 saturated carbocycles. The van der Waals surface area contributed by atoms with E-state index in [4.69, 9.17) is 0 Å². The van der Waals surface area contributed by atoms with Crippen LogP contribution in [0.2, 0.25) is 0 Å². The molecular formula is C15H21BrN2OS. The van der Waals surface area contributed by atoms with Crippen LogP contribution in [0, 0.1) is 0 Å². The monoisotopic (exact) mass is 356 g/mol. The van der Waals surface area contributed by atoms with Crippen LogP contribution >= 0.6 is 27.7 Å². The van der Waals surface area contributed by atoms with Crippen molar-refractivity contribution in [3.05, 3.63) is 28.7 Å². The van der Waals surface area contributed by atoms with Crippen molar-refractivity contribution in [1.29, 1.82) is 0 Å². The van der Waals surface area contributed by atoms with Gasteiger partial charge in [0.2, 0.25) is 5.91 Å². The van der Waals surface area contributed by atoms with Crippen molar-refractivity contribution >= 4 is 39.3 Å². The van der Waals surface area contributed by atoms with Crippen molar-refractivity contribution in [2.45, 2.75) is 37.0 Å². The lowest BCUT2D eigenvalue weighted by molar-refractivity contribution is -0.115. The van der Waals surface area contributed by atoms with Crippen LogP contribution in [0.15, 0.2) is 28.7 Å². The van der Waals surface area contributed by atoms with E-state index in [0.29, 0.717) is 17.8 Å². The quantitative estimate of drug-likeness (QED) is 0.845. The van der Waals surface area contributed by atoms with Gasteiger partial charge < -0.3 is 10.6 Å². The number of hydrogen-bond acceptors (Lipinski definition) is 3. The van der Waals surface area contributed by atoms with Gasteiger partial charge in [0, 0.05) is 21.5 Å². The van der Waals surface area contributed by atoms with Crippen molar-refractivity contribution in [2.24, 2.45) is 0 Å². The minimum atomic E-state index is 0.0218. The molecular weight excluding hydrogens is 336 g/mol. The van der Waals surface area contributed by atoms with Gasteiger partial charge in [0.05, 0.1) is 6.54 Å². The van der Waals surface area contributed by atoms with Crippen molar-refractivity contribution in [3.8, 4) is 0 Å². The minimum Gasteiger partial charge on any atom is -0.325 e. The van der Waals surface area contributed by atoms with E-state index < -0.39 is 0 Å². The molecule has 2 rings (SSSR count). The van der Waals surface area contributed by atoms with E-state index in [9.17, 15) is 4.79 Å². The number of carbonyl (C=O) groups excluding carboxylic acids is 1. The Balaban J connectivity index is 1.79. The number of rotatable bonds is 5. The van der Waals surface area contributed by atoms with Gasteiger partial charge in [-0.3, -0.25) is 4.79 Å². The summed E-state index contributed by atoms with van der Waals surface area (Å²) in [6.45, 7) is 0.383. The van der Waals surface area contributed by atoms with Crippen molar-refractivity contribution in [2.75, 3.05) is 18.1 Å². The van der Waals surface area contributed by atoms with Gasteiger partial charge in [0.1, 0.15) is 0 Å². The maximum Gasteiger partial charge on any atom is 0.238 e. The summed E-state index contributed by atoms with van der Waals surface area (Å²) < 4.78 is 0.970. The molecule has 0 radical (unpaired) electrons. The maximum absolute atomic E-state index is 12.0. The van der Waals surface area contributed by atoms with E-state index >= 15 is 0 Å². The van der Waals surface area contributed by atoms with Gasteiger partial charge in [0.25, 0.3) is 0 Å². The van der Waals surface area contributed by atoms with E-state index in [1.165, 1.54) is 25.7 Å². The van der Waals surface area contributed by atoms with Gasteiger partial charge >= 0.3 is 0 Å². The summed E-state index contributed by atoms with van der Waals surface area (Å²) in [4.78, 5) is 12.0. The van der Waals surface area contributed by atoms with Gasteiger partial charge in [-0.1, -0.05) is 34.8 Å². The van der Waals surface area contributed by atoms with Gasteiger partial charge in [-0.15, -0.1) is 0 Å². The van der Waals surface area contributed by atoms with E-state index in [0.717, 1.165) is 10.2 Å². The molecule has 1 amide bonds. The molecule has 2 N–H and O–H groups in total. The number of thioether (sulfide) groups is 1. The highest BCUT2D eigenvalue weighted by Gasteiger charge is 2.24. The zero-order valence-corrected chi connectivity index (χ0v) is 14.1. The number of hydrogen-bond donors (Lipinski definition) is 2. The molecule has 5 heteroatoms. The number of carbonyl (C=O) groups is 1. The number of benzene rings is 1. The third-order valence-electron chi connectivity index (χ3n) is 3.64. The first-order valence-electron chi connectivity index (χ1n) is 7.00. The van der Waals surface area contributed by atoms with Crippen LogP contribution in [0.25, 0.3) is 0 Å². The lowest BCUT2D eigenvalue weighted by atomic mass is 9.95. The average Bonchev–Trinajstić information content (AvgIpc) is 2.45. The highest BCUT2D eigenvalue weighted by Crippen LogP contribution is 2.27. The third kappa shape index (κ3) is 4.79. The van der Waals surface area contributed by atoms with E-state index in [1.54, 1.807) is 0 Å². The largest absolute Gasteiger partial charge is 0.325 e. The van der Waals surface area contributed by atoms with Crippen molar-refractivity contribution in [3.63, 3.8) is 0 Å². The van der Waals surface area contributed by atoms with Crippen molar-refractivity contribution in [1.82, 2.24) is 5.32 Å². The Morgan fingerprint density at radius 1 is 1.40 bits per heavy atom. The van der Waals surface area contributed by atoms with Crippen molar-refractivity contribution < 1.29 is 4.79 Å². The lowest BCUT2D eigenvalue weighted by Crippen LogP contribution is -2.43. The molecule has 0 bridgehead atoms. The summed E-state index contributed by atoms with van der Waals surface area (Å²) in [6, 6.07) is 8.13. The second kappa shape index (κ2) is 8.05. The predicted molar refractivity (Wildman–Crippen MR) is 90.3 cm³/mol. The molecule has 2 unspecified atom stereocenters. The molecule has 1 aliphatic carbocycles. The summed E-state index contributed by atoms with van der Waals surface area (Å²) in [6.07, 6.45) is 7.17. The molecule has 0 aromatic heterocycles. The Bertz CT molecular complexity index is 455. The lowest BCUT2D eigenvalue weighted by Gasteiger charge is -2.30. The molecule has 1 fully saturated rings. The molecule has 2 atom stereocenters. The van der Waals surface area contributed by atoms with Crippen LogP contribution in [0.4, 0.5) is 5.69 Å². The zero-order chi connectivity index (χ0) is 14.4. The Kier molecular flexibility index (Phi) is 6.39. The Labute approximate surface area is 133 Å². The molecule has 20 heavy (non-hydrogen) atoms. The molecule has 3 nitrogen and oxygen atoms in total. The van der Waals surface area contributed by atoms with Gasteiger partial charge in [-0.2, -0.15) is 11.8 Å². The Hall–Kier alpha value is -0.520. The van der Waals surface area contributed by atoms with Crippen LogP contribution in [-0.2, 0) is 4.79 Å². The van der Waals surface area contributed by atoms with Crippen LogP contribution in [0.3, 0.4) is 0 Å². The second-order valence-electron chi connectivity index (χ2n) is 5.10. The standard InChI is InChI=1S/C15H21BrN2OS/c1-20-14-8-3-2-7-13(14)17-10-15(19)18-12-6-4-5-11(16)9-12/h4-6,9,13-14,17H,2-3,7-8,10H2,1H3,(H,18,19). The normalized spacial score (nSPS) is 22.5. The number of amides is 1. The molecule has 1 aliphatic rings. The number of nitrogens with one attached hydrogen (secondary N) is 2. The zero-order valence-electron chi connectivity index (χ0n) is 11.7. The fourth-order valence-electron chi connectivity index (χ4n) is 2.61. The highest BCUT2D eigenvalue weighted by atomic mass is 79.9. The van der Waals surface area contributed by atoms with Crippen LogP contribution in [-0.4, -0.2) is 30.0 Å². The van der Waals surface area contributed by atoms with Gasteiger partial charge in [-0.25, -0.2) is 0 Å². The third-order valence-corrected chi connectivity index (χ3v) is 5.30. The Morgan fingerprint density at radius 2 is 2.20 bits per heavy atom. The van der Waals surface area contributed by atoms with Crippen LogP contribution < -0.4 is 10.6 Å². The van der Waals surface area contributed by atoms with Crippen LogP contribution in [0.5, 0.6) is 0 Å². The molecule has 110 valence electrons. The topological polar surface area (TPSA) is 41.1 Å². The molecule has 0 spiro atoms. The van der Waals surface area contributed by atoms with Crippen LogP contribution in [0.1, 0.15) is 25.7 Å². The summed E-state index contributed by atoms with van der Waals surface area (Å²) in [5.41, 5.74) is 0.830. The summed E-state index contributed by atoms with van der Waals surface area (Å²) in [5, 5.41) is 6.97. The molecule has 1 aromatic rings. The first-order valence-corrected chi connectivity index (χ1v) is 9.08. The predicted octanol–water partition coefficient (Wildman–Crippen LogP) is 3.65. The average molecular weight is 357 g/mol. The SMILES string of the molecule is CSC1CCCCC1NCC(=O)Nc1cccc(Br)c1. The fraction of sp³-hybridized carbons (Fsp3) is 0.533. The summed E-state index contributed by atoms with van der Waals surface area (Å²) >= 11 is 5.31. The van der Waals surface area contributed by atoms with E-state index in [1.807, 2.05) is 36.0 Å². The molecule has 0 aliphatic heterocycles. The van der Waals surface area contributed by atoms with E-state index in [2.05, 4.69) is 32.8 Å². The number of halogens is 1. The molecule has 1 aromatic carbocycles.